The lowest BCUT2D eigenvalue weighted by Crippen LogP contribution is -2.06. The molecule has 13 heavy (non-hydrogen) atoms. The third-order valence-electron chi connectivity index (χ3n) is 2.02. The molecule has 1 aromatic heterocycles. The fourth-order valence-electron chi connectivity index (χ4n) is 1.41. The molecule has 0 aliphatic heterocycles. The predicted octanol–water partition coefficient (Wildman–Crippen LogP) is 1.71. The number of hydroxylamine groups is 1. The van der Waals surface area contributed by atoms with Gasteiger partial charge in [-0.15, -0.1) is 0 Å². The van der Waals surface area contributed by atoms with E-state index in [-0.39, 0.29) is 0 Å². The van der Waals surface area contributed by atoms with Crippen LogP contribution in [-0.2, 0) is 6.54 Å². The molecular formula is C10H10N2O. The van der Waals surface area contributed by atoms with Gasteiger partial charge in [0, 0.05) is 24.3 Å². The molecule has 2 rings (SSSR count). The van der Waals surface area contributed by atoms with Gasteiger partial charge in [0.05, 0.1) is 0 Å². The lowest BCUT2D eigenvalue weighted by Gasteiger charge is -2.03. The molecule has 1 heterocycles. The van der Waals surface area contributed by atoms with E-state index in [1.807, 2.05) is 30.5 Å². The molecule has 66 valence electrons. The molecule has 2 N–H and O–H groups in total. The highest BCUT2D eigenvalue weighted by Gasteiger charge is 1.98. The van der Waals surface area contributed by atoms with Gasteiger partial charge in [0.2, 0.25) is 0 Å². The van der Waals surface area contributed by atoms with E-state index in [0.717, 1.165) is 16.3 Å². The number of nitrogens with one attached hydrogen (secondary N) is 1. The summed E-state index contributed by atoms with van der Waals surface area (Å²) in [6, 6.07) is 7.97. The van der Waals surface area contributed by atoms with Gasteiger partial charge in [-0.05, 0) is 10.9 Å². The van der Waals surface area contributed by atoms with Crippen molar-refractivity contribution in [2.75, 3.05) is 0 Å². The van der Waals surface area contributed by atoms with Crippen LogP contribution in [0.2, 0.25) is 0 Å². The second-order valence-corrected chi connectivity index (χ2v) is 2.85. The topological polar surface area (TPSA) is 45.1 Å². The number of fused-ring (bicyclic) bond motifs is 1. The maximum absolute atomic E-state index is 8.60. The maximum Gasteiger partial charge on any atom is 0.0479 e. The molecule has 0 unspecified atom stereocenters. The highest BCUT2D eigenvalue weighted by Crippen LogP contribution is 2.16. The Balaban J connectivity index is 2.61. The van der Waals surface area contributed by atoms with E-state index >= 15 is 0 Å². The Labute approximate surface area is 76.0 Å². The molecule has 0 saturated carbocycles. The van der Waals surface area contributed by atoms with Gasteiger partial charge in [0.15, 0.2) is 0 Å². The van der Waals surface area contributed by atoms with Crippen molar-refractivity contribution in [1.82, 2.24) is 10.5 Å². The zero-order chi connectivity index (χ0) is 9.10. The van der Waals surface area contributed by atoms with Gasteiger partial charge in [-0.2, -0.15) is 0 Å². The molecule has 0 spiro atoms. The number of aromatic nitrogens is 1. The van der Waals surface area contributed by atoms with Gasteiger partial charge in [-0.3, -0.25) is 4.98 Å². The highest BCUT2D eigenvalue weighted by atomic mass is 16.5. The Morgan fingerprint density at radius 2 is 2.08 bits per heavy atom. The summed E-state index contributed by atoms with van der Waals surface area (Å²) in [5.74, 6) is 0. The quantitative estimate of drug-likeness (QED) is 0.681. The summed E-state index contributed by atoms with van der Waals surface area (Å²) >= 11 is 0. The van der Waals surface area contributed by atoms with Crippen molar-refractivity contribution >= 4 is 10.8 Å². The van der Waals surface area contributed by atoms with Crippen molar-refractivity contribution in [3.05, 3.63) is 42.2 Å². The Morgan fingerprint density at radius 3 is 2.92 bits per heavy atom. The summed E-state index contributed by atoms with van der Waals surface area (Å²) in [4.78, 5) is 4.08. The molecule has 0 bridgehead atoms. The average molecular weight is 174 g/mol. The van der Waals surface area contributed by atoms with E-state index in [2.05, 4.69) is 10.5 Å². The van der Waals surface area contributed by atoms with Gasteiger partial charge in [-0.1, -0.05) is 24.3 Å². The van der Waals surface area contributed by atoms with Crippen molar-refractivity contribution in [3.63, 3.8) is 0 Å². The van der Waals surface area contributed by atoms with Crippen LogP contribution in [-0.4, -0.2) is 10.2 Å². The largest absolute Gasteiger partial charge is 0.316 e. The van der Waals surface area contributed by atoms with Crippen molar-refractivity contribution in [2.24, 2.45) is 0 Å². The number of nitrogens with zero attached hydrogens (tertiary/aromatic N) is 1. The zero-order valence-corrected chi connectivity index (χ0v) is 7.07. The van der Waals surface area contributed by atoms with E-state index in [1.54, 1.807) is 6.20 Å². The summed E-state index contributed by atoms with van der Waals surface area (Å²) in [6.45, 7) is 0.425. The molecule has 0 aliphatic rings. The Morgan fingerprint density at radius 1 is 1.23 bits per heavy atom. The van der Waals surface area contributed by atoms with Crippen molar-refractivity contribution < 1.29 is 5.21 Å². The molecular weight excluding hydrogens is 164 g/mol. The molecule has 0 amide bonds. The molecule has 3 heteroatoms. The Hall–Kier alpha value is -1.45. The summed E-state index contributed by atoms with van der Waals surface area (Å²) in [5, 5.41) is 10.8. The minimum absolute atomic E-state index is 0.425. The van der Waals surface area contributed by atoms with E-state index in [4.69, 9.17) is 5.21 Å². The van der Waals surface area contributed by atoms with E-state index in [9.17, 15) is 0 Å². The van der Waals surface area contributed by atoms with Crippen molar-refractivity contribution in [2.45, 2.75) is 6.54 Å². The monoisotopic (exact) mass is 174 g/mol. The smallest absolute Gasteiger partial charge is 0.0479 e. The lowest BCUT2D eigenvalue weighted by molar-refractivity contribution is 0.161. The first kappa shape index (κ1) is 8.16. The lowest BCUT2D eigenvalue weighted by atomic mass is 10.1. The van der Waals surface area contributed by atoms with Gasteiger partial charge < -0.3 is 5.21 Å². The molecule has 0 atom stereocenters. The fourth-order valence-corrected chi connectivity index (χ4v) is 1.41. The summed E-state index contributed by atoms with van der Waals surface area (Å²) in [5.41, 5.74) is 3.14. The predicted molar refractivity (Wildman–Crippen MR) is 50.4 cm³/mol. The average Bonchev–Trinajstić information content (AvgIpc) is 2.19. The fraction of sp³-hybridized carbons (Fsp3) is 0.100. The minimum atomic E-state index is 0.425. The molecule has 0 fully saturated rings. The number of rotatable bonds is 2. The van der Waals surface area contributed by atoms with Gasteiger partial charge in [0.1, 0.15) is 0 Å². The maximum atomic E-state index is 8.60. The van der Waals surface area contributed by atoms with Gasteiger partial charge in [-0.25, -0.2) is 5.48 Å². The number of hydrogen-bond acceptors (Lipinski definition) is 3. The molecule has 3 nitrogen and oxygen atoms in total. The second-order valence-electron chi connectivity index (χ2n) is 2.85. The van der Waals surface area contributed by atoms with E-state index < -0.39 is 0 Å². The SMILES string of the molecule is ONCc1cncc2ccccc12. The Kier molecular flexibility index (Phi) is 2.21. The molecule has 0 radical (unpaired) electrons. The molecule has 0 saturated heterocycles. The third-order valence-corrected chi connectivity index (χ3v) is 2.02. The first-order valence-corrected chi connectivity index (χ1v) is 4.10. The van der Waals surface area contributed by atoms with Crippen LogP contribution >= 0.6 is 0 Å². The normalized spacial score (nSPS) is 10.5. The molecule has 0 aliphatic carbocycles. The van der Waals surface area contributed by atoms with E-state index in [1.165, 1.54) is 0 Å². The molecule has 2 aromatic rings. The van der Waals surface area contributed by atoms with Crippen LogP contribution in [0.1, 0.15) is 5.56 Å². The number of hydrogen-bond donors (Lipinski definition) is 2. The van der Waals surface area contributed by atoms with Crippen LogP contribution in [0.4, 0.5) is 0 Å². The third kappa shape index (κ3) is 1.52. The standard InChI is InChI=1S/C10H10N2O/c13-12-7-9-6-11-5-8-3-1-2-4-10(8)9/h1-6,12-13H,7H2. The van der Waals surface area contributed by atoms with Crippen LogP contribution in [0, 0.1) is 0 Å². The van der Waals surface area contributed by atoms with Crippen molar-refractivity contribution in [1.29, 1.82) is 0 Å². The van der Waals surface area contributed by atoms with Crippen molar-refractivity contribution in [3.8, 4) is 0 Å². The Bertz CT molecular complexity index is 409. The van der Waals surface area contributed by atoms with Gasteiger partial charge >= 0.3 is 0 Å². The van der Waals surface area contributed by atoms with Crippen LogP contribution in [0.25, 0.3) is 10.8 Å². The number of pyridine rings is 1. The first-order valence-electron chi connectivity index (χ1n) is 4.10. The minimum Gasteiger partial charge on any atom is -0.316 e. The second kappa shape index (κ2) is 3.51. The van der Waals surface area contributed by atoms with Crippen LogP contribution in [0.3, 0.4) is 0 Å². The zero-order valence-electron chi connectivity index (χ0n) is 7.07. The van der Waals surface area contributed by atoms with Crippen LogP contribution in [0.5, 0.6) is 0 Å². The van der Waals surface area contributed by atoms with Crippen LogP contribution in [0.15, 0.2) is 36.7 Å². The first-order chi connectivity index (χ1) is 6.42. The summed E-state index contributed by atoms with van der Waals surface area (Å²) in [7, 11) is 0. The highest BCUT2D eigenvalue weighted by molar-refractivity contribution is 5.84. The summed E-state index contributed by atoms with van der Waals surface area (Å²) in [6.07, 6.45) is 3.57. The van der Waals surface area contributed by atoms with Crippen LogP contribution < -0.4 is 5.48 Å². The molecule has 1 aromatic carbocycles. The van der Waals surface area contributed by atoms with E-state index in [0.29, 0.717) is 6.54 Å². The number of benzene rings is 1. The van der Waals surface area contributed by atoms with Gasteiger partial charge in [0.25, 0.3) is 0 Å². The summed E-state index contributed by atoms with van der Waals surface area (Å²) < 4.78 is 0.